The number of aromatic nitrogens is 4. The van der Waals surface area contributed by atoms with E-state index < -0.39 is 8.32 Å². The fourth-order valence-corrected chi connectivity index (χ4v) is 4.47. The Bertz CT molecular complexity index is 1020. The van der Waals surface area contributed by atoms with E-state index in [-0.39, 0.29) is 16.0 Å². The van der Waals surface area contributed by atoms with Crippen LogP contribution in [0.3, 0.4) is 0 Å². The first-order chi connectivity index (χ1) is 14.6. The molecule has 2 aromatic heterocycles. The van der Waals surface area contributed by atoms with Crippen LogP contribution >= 0.6 is 0 Å². The molecule has 0 amide bonds. The maximum absolute atomic E-state index is 13.2. The van der Waals surface area contributed by atoms with Gasteiger partial charge < -0.3 is 14.1 Å². The molecule has 31 heavy (non-hydrogen) atoms. The van der Waals surface area contributed by atoms with E-state index in [1.54, 1.807) is 23.2 Å². The van der Waals surface area contributed by atoms with E-state index in [4.69, 9.17) is 9.16 Å². The lowest BCUT2D eigenvalue weighted by atomic mass is 9.78. The fourth-order valence-electron chi connectivity index (χ4n) is 3.52. The Hall–Kier alpha value is -2.36. The number of rotatable bonds is 6. The van der Waals surface area contributed by atoms with Crippen LogP contribution in [0.25, 0.3) is 11.8 Å². The van der Waals surface area contributed by atoms with E-state index in [0.29, 0.717) is 23.8 Å². The first-order valence-corrected chi connectivity index (χ1v) is 13.5. The molecule has 0 N–H and O–H groups in total. The van der Waals surface area contributed by atoms with Crippen molar-refractivity contribution in [1.29, 1.82) is 0 Å². The SMILES string of the molecule is CC(C)(C)[Si](C)(C)OC/C=C/c1cn(-c2cncnc2)c(=O)c(N2CC3(COC3)C2)n1. The van der Waals surface area contributed by atoms with Crippen LogP contribution in [0.1, 0.15) is 26.5 Å². The lowest BCUT2D eigenvalue weighted by Gasteiger charge is -2.55. The molecule has 0 radical (unpaired) electrons. The molecule has 0 atom stereocenters. The van der Waals surface area contributed by atoms with Crippen molar-refractivity contribution in [3.05, 3.63) is 47.0 Å². The van der Waals surface area contributed by atoms with Gasteiger partial charge in [-0.2, -0.15) is 0 Å². The minimum atomic E-state index is -1.82. The van der Waals surface area contributed by atoms with Crippen LogP contribution in [0.5, 0.6) is 0 Å². The molecule has 8 nitrogen and oxygen atoms in total. The lowest BCUT2D eigenvalue weighted by Crippen LogP contribution is -2.67. The molecule has 4 heterocycles. The fraction of sp³-hybridized carbons (Fsp3) is 0.545. The standard InChI is InChI=1S/C22H31N5O3Si/c1-21(2,3)31(4,5)30-8-6-7-17-11-27(18-9-23-16-24-10-18)20(28)19(25-17)26-12-22(13-26)14-29-15-22/h6-7,9-11,16H,8,12-15H2,1-5H3/b7-6+. The summed E-state index contributed by atoms with van der Waals surface area (Å²) in [6, 6.07) is 0. The smallest absolute Gasteiger partial charge is 0.298 e. The van der Waals surface area contributed by atoms with Gasteiger partial charge in [0.25, 0.3) is 5.56 Å². The van der Waals surface area contributed by atoms with Crippen LogP contribution in [-0.4, -0.2) is 60.7 Å². The summed E-state index contributed by atoms with van der Waals surface area (Å²) in [6.07, 6.45) is 10.3. The number of ether oxygens (including phenoxy) is 1. The first-order valence-electron chi connectivity index (χ1n) is 10.6. The van der Waals surface area contributed by atoms with Crippen molar-refractivity contribution in [2.45, 2.75) is 38.9 Å². The van der Waals surface area contributed by atoms with E-state index in [0.717, 1.165) is 26.3 Å². The van der Waals surface area contributed by atoms with Crippen LogP contribution in [0.2, 0.25) is 18.1 Å². The number of hydrogen-bond donors (Lipinski definition) is 0. The van der Waals surface area contributed by atoms with Gasteiger partial charge in [-0.25, -0.2) is 15.0 Å². The molecule has 2 fully saturated rings. The van der Waals surface area contributed by atoms with Gasteiger partial charge in [0, 0.05) is 19.3 Å². The molecule has 166 valence electrons. The van der Waals surface area contributed by atoms with Gasteiger partial charge in [0.2, 0.25) is 0 Å². The van der Waals surface area contributed by atoms with Crippen LogP contribution < -0.4 is 10.5 Å². The monoisotopic (exact) mass is 441 g/mol. The van der Waals surface area contributed by atoms with Crippen LogP contribution in [0.15, 0.2) is 35.8 Å². The predicted molar refractivity (Wildman–Crippen MR) is 123 cm³/mol. The van der Waals surface area contributed by atoms with Crippen molar-refractivity contribution in [2.75, 3.05) is 37.8 Å². The summed E-state index contributed by atoms with van der Waals surface area (Å²) < 4.78 is 13.2. The molecule has 0 aromatic carbocycles. The Morgan fingerprint density at radius 1 is 1.23 bits per heavy atom. The molecule has 2 aliphatic heterocycles. The summed E-state index contributed by atoms with van der Waals surface area (Å²) in [4.78, 5) is 28.0. The Morgan fingerprint density at radius 2 is 1.90 bits per heavy atom. The van der Waals surface area contributed by atoms with Crippen molar-refractivity contribution in [1.82, 2.24) is 19.5 Å². The second kappa shape index (κ2) is 7.96. The summed E-state index contributed by atoms with van der Waals surface area (Å²) in [5.74, 6) is 0.453. The zero-order valence-electron chi connectivity index (χ0n) is 19.0. The van der Waals surface area contributed by atoms with Crippen molar-refractivity contribution in [3.63, 3.8) is 0 Å². The molecular weight excluding hydrogens is 410 g/mol. The zero-order chi connectivity index (χ0) is 22.3. The third-order valence-corrected chi connectivity index (χ3v) is 11.0. The number of hydrogen-bond acceptors (Lipinski definition) is 7. The van der Waals surface area contributed by atoms with Crippen LogP contribution in [-0.2, 0) is 9.16 Å². The maximum atomic E-state index is 13.2. The number of anilines is 1. The highest BCUT2D eigenvalue weighted by Crippen LogP contribution is 2.39. The first kappa shape index (κ1) is 21.9. The molecular formula is C22H31N5O3Si. The van der Waals surface area contributed by atoms with Gasteiger partial charge in [-0.15, -0.1) is 0 Å². The van der Waals surface area contributed by atoms with Gasteiger partial charge in [-0.3, -0.25) is 9.36 Å². The predicted octanol–water partition coefficient (Wildman–Crippen LogP) is 2.89. The van der Waals surface area contributed by atoms with Gasteiger partial charge >= 0.3 is 0 Å². The van der Waals surface area contributed by atoms with Crippen molar-refractivity contribution in [2.24, 2.45) is 5.41 Å². The van der Waals surface area contributed by atoms with Gasteiger partial charge in [0.1, 0.15) is 6.33 Å². The second-order valence-corrected chi connectivity index (χ2v) is 14.9. The third kappa shape index (κ3) is 4.35. The average Bonchev–Trinajstić information content (AvgIpc) is 2.64. The summed E-state index contributed by atoms with van der Waals surface area (Å²) >= 11 is 0. The average molecular weight is 442 g/mol. The van der Waals surface area contributed by atoms with Crippen molar-refractivity contribution < 1.29 is 9.16 Å². The second-order valence-electron chi connectivity index (χ2n) is 10.1. The highest BCUT2D eigenvalue weighted by atomic mass is 28.4. The van der Waals surface area contributed by atoms with E-state index in [1.165, 1.54) is 6.33 Å². The zero-order valence-corrected chi connectivity index (χ0v) is 20.0. The molecule has 2 aliphatic rings. The summed E-state index contributed by atoms with van der Waals surface area (Å²) in [5.41, 5.74) is 1.34. The molecule has 4 rings (SSSR count). The van der Waals surface area contributed by atoms with Gasteiger partial charge in [0.05, 0.1) is 49.0 Å². The minimum absolute atomic E-state index is 0.158. The lowest BCUT2D eigenvalue weighted by molar-refractivity contribution is -0.127. The minimum Gasteiger partial charge on any atom is -0.413 e. The Balaban J connectivity index is 1.58. The van der Waals surface area contributed by atoms with E-state index in [1.807, 2.05) is 17.1 Å². The highest BCUT2D eigenvalue weighted by Gasteiger charge is 2.50. The van der Waals surface area contributed by atoms with Crippen molar-refractivity contribution >= 4 is 20.2 Å². The molecule has 9 heteroatoms. The highest BCUT2D eigenvalue weighted by molar-refractivity contribution is 6.74. The van der Waals surface area contributed by atoms with E-state index >= 15 is 0 Å². The normalized spacial score (nSPS) is 18.3. The van der Waals surface area contributed by atoms with E-state index in [9.17, 15) is 4.79 Å². The van der Waals surface area contributed by atoms with Crippen LogP contribution in [0, 0.1) is 5.41 Å². The molecule has 2 aromatic rings. The molecule has 2 saturated heterocycles. The summed E-state index contributed by atoms with van der Waals surface area (Å²) in [7, 11) is -1.82. The van der Waals surface area contributed by atoms with Gasteiger partial charge in [-0.05, 0) is 24.2 Å². The quantitative estimate of drug-likeness (QED) is 0.638. The molecule has 0 saturated carbocycles. The Morgan fingerprint density at radius 3 is 2.48 bits per heavy atom. The largest absolute Gasteiger partial charge is 0.413 e. The van der Waals surface area contributed by atoms with Gasteiger partial charge in [-0.1, -0.05) is 26.8 Å². The molecule has 0 bridgehead atoms. The Kier molecular flexibility index (Phi) is 5.61. The number of nitrogens with zero attached hydrogens (tertiary/aromatic N) is 5. The Labute approximate surface area is 184 Å². The molecule has 0 aliphatic carbocycles. The maximum Gasteiger partial charge on any atom is 0.298 e. The van der Waals surface area contributed by atoms with Crippen LogP contribution in [0.4, 0.5) is 5.82 Å². The summed E-state index contributed by atoms with van der Waals surface area (Å²) in [6.45, 7) is 14.8. The van der Waals surface area contributed by atoms with Crippen molar-refractivity contribution in [3.8, 4) is 5.69 Å². The topological polar surface area (TPSA) is 82.4 Å². The van der Waals surface area contributed by atoms with E-state index in [2.05, 4.69) is 48.8 Å². The van der Waals surface area contributed by atoms with Gasteiger partial charge in [0.15, 0.2) is 14.1 Å². The summed E-state index contributed by atoms with van der Waals surface area (Å²) in [5, 5.41) is 0.158. The molecule has 1 spiro atoms. The molecule has 0 unspecified atom stereocenters. The third-order valence-electron chi connectivity index (χ3n) is 6.54.